The molecule has 0 aliphatic heterocycles. The van der Waals surface area contributed by atoms with E-state index in [9.17, 15) is 4.79 Å². The number of aryl methyl sites for hydroxylation is 4. The number of hydrogen-bond acceptors (Lipinski definition) is 4. The highest BCUT2D eigenvalue weighted by atomic mass is 35.5. The maximum atomic E-state index is 12.5. The first-order chi connectivity index (χ1) is 12.3. The van der Waals surface area contributed by atoms with Gasteiger partial charge >= 0.3 is 0 Å². The third-order valence-corrected chi connectivity index (χ3v) is 5.73. The van der Waals surface area contributed by atoms with Crippen molar-refractivity contribution in [2.24, 2.45) is 0 Å². The molecular weight excluding hydrogens is 368 g/mol. The summed E-state index contributed by atoms with van der Waals surface area (Å²) in [7, 11) is 0. The zero-order valence-electron chi connectivity index (χ0n) is 15.5. The number of carbonyl (C=O) groups is 1. The van der Waals surface area contributed by atoms with Gasteiger partial charge in [-0.15, -0.1) is 0 Å². The highest BCUT2D eigenvalue weighted by Crippen LogP contribution is 2.25. The van der Waals surface area contributed by atoms with Crippen LogP contribution in [0, 0.1) is 34.6 Å². The standard InChI is InChI=1S/C19H21ClN4OS/c1-10-6-7-15(20)8-17(10)22-18(25)9-16-12(3)23-24(13(16)4)19-21-11(2)14(5)26-19/h6-8H,9H2,1-5H3,(H,22,25). The fourth-order valence-electron chi connectivity index (χ4n) is 2.75. The van der Waals surface area contributed by atoms with E-state index in [2.05, 4.69) is 15.4 Å². The van der Waals surface area contributed by atoms with Gasteiger partial charge in [0.25, 0.3) is 0 Å². The molecule has 0 saturated heterocycles. The predicted octanol–water partition coefficient (Wildman–Crippen LogP) is 4.71. The van der Waals surface area contributed by atoms with Crippen LogP contribution in [-0.2, 0) is 11.2 Å². The second kappa shape index (κ2) is 7.21. The quantitative estimate of drug-likeness (QED) is 0.704. The Kier molecular flexibility index (Phi) is 5.16. The molecule has 2 aromatic heterocycles. The number of thiazole rings is 1. The van der Waals surface area contributed by atoms with Crippen molar-refractivity contribution in [2.45, 2.75) is 41.0 Å². The molecule has 1 aromatic carbocycles. The summed E-state index contributed by atoms with van der Waals surface area (Å²) in [5.74, 6) is -0.0902. The molecule has 136 valence electrons. The van der Waals surface area contributed by atoms with Crippen LogP contribution in [0.2, 0.25) is 5.02 Å². The molecule has 5 nitrogen and oxygen atoms in total. The molecule has 0 atom stereocenters. The summed E-state index contributed by atoms with van der Waals surface area (Å²) in [4.78, 5) is 18.3. The number of aromatic nitrogens is 3. The molecule has 0 radical (unpaired) electrons. The van der Waals surface area contributed by atoms with Crippen molar-refractivity contribution in [3.8, 4) is 5.13 Å². The maximum Gasteiger partial charge on any atom is 0.228 e. The molecule has 2 heterocycles. The van der Waals surface area contributed by atoms with E-state index < -0.39 is 0 Å². The lowest BCUT2D eigenvalue weighted by Crippen LogP contribution is -2.16. The number of hydrogen-bond donors (Lipinski definition) is 1. The third kappa shape index (κ3) is 3.66. The van der Waals surface area contributed by atoms with Crippen molar-refractivity contribution >= 4 is 34.5 Å². The van der Waals surface area contributed by atoms with Gasteiger partial charge in [0.15, 0.2) is 0 Å². The maximum absolute atomic E-state index is 12.5. The molecule has 0 saturated carbocycles. The molecule has 1 amide bonds. The zero-order valence-corrected chi connectivity index (χ0v) is 17.0. The van der Waals surface area contributed by atoms with Crippen LogP contribution in [0.4, 0.5) is 5.69 Å². The fraction of sp³-hybridized carbons (Fsp3) is 0.316. The van der Waals surface area contributed by atoms with E-state index >= 15 is 0 Å². The smallest absolute Gasteiger partial charge is 0.228 e. The average Bonchev–Trinajstić information content (AvgIpc) is 3.04. The number of amides is 1. The lowest BCUT2D eigenvalue weighted by Gasteiger charge is -2.09. The number of rotatable bonds is 4. The van der Waals surface area contributed by atoms with Gasteiger partial charge in [0.05, 0.1) is 17.8 Å². The van der Waals surface area contributed by atoms with E-state index in [1.165, 1.54) is 4.88 Å². The Balaban J connectivity index is 1.84. The molecule has 1 N–H and O–H groups in total. The van der Waals surface area contributed by atoms with Crippen LogP contribution in [0.5, 0.6) is 0 Å². The number of nitrogens with one attached hydrogen (secondary N) is 1. The molecule has 0 fully saturated rings. The summed E-state index contributed by atoms with van der Waals surface area (Å²) in [5.41, 5.74) is 5.41. The minimum atomic E-state index is -0.0902. The molecule has 3 rings (SSSR count). The van der Waals surface area contributed by atoms with Gasteiger partial charge in [-0.1, -0.05) is 29.0 Å². The summed E-state index contributed by atoms with van der Waals surface area (Å²) in [6, 6.07) is 5.46. The molecule has 7 heteroatoms. The Morgan fingerprint density at radius 1 is 1.19 bits per heavy atom. The molecule has 0 aliphatic rings. The summed E-state index contributed by atoms with van der Waals surface area (Å²) in [6.45, 7) is 9.86. The Hall–Kier alpha value is -2.18. The first-order valence-electron chi connectivity index (χ1n) is 8.31. The number of anilines is 1. The van der Waals surface area contributed by atoms with Crippen molar-refractivity contribution in [2.75, 3.05) is 5.32 Å². The van der Waals surface area contributed by atoms with Gasteiger partial charge in [0.2, 0.25) is 11.0 Å². The van der Waals surface area contributed by atoms with Gasteiger partial charge < -0.3 is 5.32 Å². The van der Waals surface area contributed by atoms with Crippen LogP contribution in [-0.4, -0.2) is 20.7 Å². The van der Waals surface area contributed by atoms with Gasteiger partial charge in [-0.25, -0.2) is 9.67 Å². The summed E-state index contributed by atoms with van der Waals surface area (Å²) < 4.78 is 1.83. The van der Waals surface area contributed by atoms with Crippen molar-refractivity contribution < 1.29 is 4.79 Å². The summed E-state index contributed by atoms with van der Waals surface area (Å²) in [6.07, 6.45) is 0.257. The minimum Gasteiger partial charge on any atom is -0.326 e. The van der Waals surface area contributed by atoms with Crippen LogP contribution in [0.25, 0.3) is 5.13 Å². The molecule has 0 unspecified atom stereocenters. The Morgan fingerprint density at radius 3 is 2.58 bits per heavy atom. The monoisotopic (exact) mass is 388 g/mol. The van der Waals surface area contributed by atoms with E-state index in [1.54, 1.807) is 17.4 Å². The lowest BCUT2D eigenvalue weighted by molar-refractivity contribution is -0.115. The van der Waals surface area contributed by atoms with Crippen LogP contribution >= 0.6 is 22.9 Å². The third-order valence-electron chi connectivity index (χ3n) is 4.45. The van der Waals surface area contributed by atoms with Gasteiger partial charge in [-0.3, -0.25) is 4.79 Å². The molecule has 26 heavy (non-hydrogen) atoms. The molecular formula is C19H21ClN4OS. The zero-order chi connectivity index (χ0) is 19.0. The van der Waals surface area contributed by atoms with Crippen LogP contribution < -0.4 is 5.32 Å². The molecule has 3 aromatic rings. The normalized spacial score (nSPS) is 11.0. The van der Waals surface area contributed by atoms with Crippen molar-refractivity contribution in [1.29, 1.82) is 0 Å². The predicted molar refractivity (Wildman–Crippen MR) is 107 cm³/mol. The van der Waals surface area contributed by atoms with Gasteiger partial charge in [0, 0.05) is 26.8 Å². The number of nitrogens with zero attached hydrogens (tertiary/aromatic N) is 3. The second-order valence-electron chi connectivity index (χ2n) is 6.38. The van der Waals surface area contributed by atoms with Gasteiger partial charge in [0.1, 0.15) is 0 Å². The van der Waals surface area contributed by atoms with Crippen LogP contribution in [0.1, 0.15) is 33.1 Å². The number of carbonyl (C=O) groups excluding carboxylic acids is 1. The highest BCUT2D eigenvalue weighted by molar-refractivity contribution is 7.14. The highest BCUT2D eigenvalue weighted by Gasteiger charge is 2.18. The molecule has 0 spiro atoms. The van der Waals surface area contributed by atoms with E-state index in [0.29, 0.717) is 5.02 Å². The van der Waals surface area contributed by atoms with Crippen molar-refractivity contribution in [1.82, 2.24) is 14.8 Å². The number of halogens is 1. The van der Waals surface area contributed by atoms with Crippen molar-refractivity contribution in [3.05, 3.63) is 56.3 Å². The molecule has 0 bridgehead atoms. The van der Waals surface area contributed by atoms with E-state index in [4.69, 9.17) is 11.6 Å². The first-order valence-corrected chi connectivity index (χ1v) is 9.51. The molecule has 0 aliphatic carbocycles. The summed E-state index contributed by atoms with van der Waals surface area (Å²) in [5, 5.41) is 8.96. The largest absolute Gasteiger partial charge is 0.326 e. The Morgan fingerprint density at radius 2 is 1.92 bits per heavy atom. The second-order valence-corrected chi connectivity index (χ2v) is 8.00. The minimum absolute atomic E-state index is 0.0902. The van der Waals surface area contributed by atoms with Crippen LogP contribution in [0.15, 0.2) is 18.2 Å². The summed E-state index contributed by atoms with van der Waals surface area (Å²) >= 11 is 7.63. The van der Waals surface area contributed by atoms with E-state index in [-0.39, 0.29) is 12.3 Å². The fourth-order valence-corrected chi connectivity index (χ4v) is 3.83. The van der Waals surface area contributed by atoms with Gasteiger partial charge in [-0.05, 0) is 52.3 Å². The van der Waals surface area contributed by atoms with E-state index in [0.717, 1.165) is 39.0 Å². The number of benzene rings is 1. The Bertz CT molecular complexity index is 970. The van der Waals surface area contributed by atoms with Crippen molar-refractivity contribution in [3.63, 3.8) is 0 Å². The van der Waals surface area contributed by atoms with Crippen LogP contribution in [0.3, 0.4) is 0 Å². The topological polar surface area (TPSA) is 59.8 Å². The van der Waals surface area contributed by atoms with E-state index in [1.807, 2.05) is 51.4 Å². The Labute approximate surface area is 162 Å². The first kappa shape index (κ1) is 18.6. The average molecular weight is 389 g/mol. The SMILES string of the molecule is Cc1ccc(Cl)cc1NC(=O)Cc1c(C)nn(-c2nc(C)c(C)s2)c1C. The lowest BCUT2D eigenvalue weighted by atomic mass is 10.1. The van der Waals surface area contributed by atoms with Gasteiger partial charge in [-0.2, -0.15) is 5.10 Å².